The van der Waals surface area contributed by atoms with Crippen molar-refractivity contribution in [1.82, 2.24) is 9.88 Å². The van der Waals surface area contributed by atoms with Gasteiger partial charge in [0.15, 0.2) is 0 Å². The Labute approximate surface area is 123 Å². The summed E-state index contributed by atoms with van der Waals surface area (Å²) in [5, 5.41) is 10.3. The van der Waals surface area contributed by atoms with Gasteiger partial charge in [0, 0.05) is 35.8 Å². The molecule has 1 unspecified atom stereocenters. The lowest BCUT2D eigenvalue weighted by Crippen LogP contribution is -2.55. The maximum absolute atomic E-state index is 12.8. The molecule has 1 fully saturated rings. The Kier molecular flexibility index (Phi) is 3.47. The summed E-state index contributed by atoms with van der Waals surface area (Å²) in [4.78, 5) is 17.7. The molecule has 1 atom stereocenters. The molecule has 0 spiro atoms. The van der Waals surface area contributed by atoms with E-state index in [2.05, 4.69) is 4.98 Å². The van der Waals surface area contributed by atoms with Gasteiger partial charge in [0.05, 0.1) is 18.3 Å². The van der Waals surface area contributed by atoms with Crippen LogP contribution >= 0.6 is 0 Å². The number of H-pyrrole nitrogens is 1. The van der Waals surface area contributed by atoms with Crippen LogP contribution in [0.4, 0.5) is 0 Å². The van der Waals surface area contributed by atoms with Gasteiger partial charge in [0.1, 0.15) is 0 Å². The molecule has 0 aliphatic carbocycles. The molecule has 1 saturated heterocycles. The molecule has 21 heavy (non-hydrogen) atoms. The van der Waals surface area contributed by atoms with Gasteiger partial charge < -0.3 is 19.7 Å². The highest BCUT2D eigenvalue weighted by molar-refractivity contribution is 6.06. The fourth-order valence-electron chi connectivity index (χ4n) is 2.99. The number of hydrogen-bond acceptors (Lipinski definition) is 3. The van der Waals surface area contributed by atoms with Gasteiger partial charge in [-0.1, -0.05) is 6.07 Å². The van der Waals surface area contributed by atoms with E-state index in [1.54, 1.807) is 4.90 Å². The third kappa shape index (κ3) is 2.66. The van der Waals surface area contributed by atoms with Crippen LogP contribution in [0.3, 0.4) is 0 Å². The van der Waals surface area contributed by atoms with Gasteiger partial charge >= 0.3 is 0 Å². The first kappa shape index (κ1) is 14.1. The number of amides is 1. The van der Waals surface area contributed by atoms with Crippen molar-refractivity contribution in [2.75, 3.05) is 19.7 Å². The number of carbonyl (C=O) groups excluding carboxylic acids is 1. The fourth-order valence-corrected chi connectivity index (χ4v) is 2.99. The normalized spacial score (nSPS) is 21.7. The molecular weight excluding hydrogens is 268 g/mol. The minimum atomic E-state index is -0.451. The lowest BCUT2D eigenvalue weighted by molar-refractivity contribution is -0.139. The number of morpholine rings is 1. The van der Waals surface area contributed by atoms with Gasteiger partial charge in [0.2, 0.25) is 0 Å². The second-order valence-corrected chi connectivity index (χ2v) is 6.11. The van der Waals surface area contributed by atoms with Crippen molar-refractivity contribution in [2.45, 2.75) is 25.6 Å². The van der Waals surface area contributed by atoms with Crippen LogP contribution in [-0.2, 0) is 4.74 Å². The summed E-state index contributed by atoms with van der Waals surface area (Å²) in [5.41, 5.74) is 1.18. The molecular formula is C16H20N2O3. The molecule has 2 N–H and O–H groups in total. The average molecular weight is 288 g/mol. The van der Waals surface area contributed by atoms with Crippen molar-refractivity contribution in [1.29, 1.82) is 0 Å². The van der Waals surface area contributed by atoms with E-state index in [4.69, 9.17) is 4.74 Å². The molecule has 1 amide bonds. The number of nitrogens with zero attached hydrogens (tertiary/aromatic N) is 1. The van der Waals surface area contributed by atoms with Gasteiger partial charge in [-0.25, -0.2) is 0 Å². The SMILES string of the molecule is CC1(C)CN(C(=O)c2cccc3[nH]ccc23)CC(CO)O1. The third-order valence-corrected chi connectivity index (χ3v) is 3.80. The molecule has 2 aromatic rings. The molecule has 1 aliphatic rings. The summed E-state index contributed by atoms with van der Waals surface area (Å²) in [6, 6.07) is 7.58. The summed E-state index contributed by atoms with van der Waals surface area (Å²) in [6.07, 6.45) is 1.50. The van der Waals surface area contributed by atoms with E-state index in [0.29, 0.717) is 18.7 Å². The Balaban J connectivity index is 1.92. The third-order valence-electron chi connectivity index (χ3n) is 3.80. The number of hydrogen-bond donors (Lipinski definition) is 2. The zero-order valence-corrected chi connectivity index (χ0v) is 12.3. The molecule has 0 saturated carbocycles. The summed E-state index contributed by atoms with van der Waals surface area (Å²) >= 11 is 0. The van der Waals surface area contributed by atoms with Crippen LogP contribution in [0, 0.1) is 0 Å². The van der Waals surface area contributed by atoms with E-state index in [0.717, 1.165) is 10.9 Å². The van der Waals surface area contributed by atoms with Crippen LogP contribution < -0.4 is 0 Å². The average Bonchev–Trinajstić information content (AvgIpc) is 2.93. The molecule has 5 nitrogen and oxygen atoms in total. The second-order valence-electron chi connectivity index (χ2n) is 6.11. The minimum absolute atomic E-state index is 0.0185. The number of fused-ring (bicyclic) bond motifs is 1. The monoisotopic (exact) mass is 288 g/mol. The summed E-state index contributed by atoms with van der Waals surface area (Å²) in [6.45, 7) is 4.72. The predicted molar refractivity (Wildman–Crippen MR) is 80.2 cm³/mol. The summed E-state index contributed by atoms with van der Waals surface area (Å²) in [5.74, 6) is -0.0185. The number of benzene rings is 1. The van der Waals surface area contributed by atoms with Gasteiger partial charge in [-0.15, -0.1) is 0 Å². The number of ether oxygens (including phenoxy) is 1. The lowest BCUT2D eigenvalue weighted by atomic mass is 10.0. The highest BCUT2D eigenvalue weighted by Crippen LogP contribution is 2.25. The highest BCUT2D eigenvalue weighted by Gasteiger charge is 2.35. The Morgan fingerprint density at radius 3 is 3.05 bits per heavy atom. The van der Waals surface area contributed by atoms with Crippen LogP contribution in [0.25, 0.3) is 10.9 Å². The standard InChI is InChI=1S/C16H20N2O3/c1-16(2)10-18(8-11(9-19)21-16)15(20)13-4-3-5-14-12(13)6-7-17-14/h3-7,11,17,19H,8-10H2,1-2H3. The van der Waals surface area contributed by atoms with E-state index in [9.17, 15) is 9.90 Å². The first-order valence-corrected chi connectivity index (χ1v) is 7.14. The van der Waals surface area contributed by atoms with Crippen molar-refractivity contribution in [2.24, 2.45) is 0 Å². The Morgan fingerprint density at radius 2 is 2.29 bits per heavy atom. The van der Waals surface area contributed by atoms with Crippen LogP contribution in [0.15, 0.2) is 30.5 Å². The number of aromatic nitrogens is 1. The molecule has 112 valence electrons. The van der Waals surface area contributed by atoms with Crippen LogP contribution in [-0.4, -0.2) is 52.3 Å². The van der Waals surface area contributed by atoms with Crippen molar-refractivity contribution in [3.8, 4) is 0 Å². The quantitative estimate of drug-likeness (QED) is 0.885. The number of rotatable bonds is 2. The lowest BCUT2D eigenvalue weighted by Gasteiger charge is -2.42. The molecule has 1 aliphatic heterocycles. The van der Waals surface area contributed by atoms with Crippen molar-refractivity contribution in [3.63, 3.8) is 0 Å². The zero-order chi connectivity index (χ0) is 15.0. The van der Waals surface area contributed by atoms with E-state index in [1.165, 1.54) is 0 Å². The van der Waals surface area contributed by atoms with Gasteiger partial charge in [-0.05, 0) is 32.0 Å². The fraction of sp³-hybridized carbons (Fsp3) is 0.438. The Hall–Kier alpha value is -1.85. The van der Waals surface area contributed by atoms with Crippen LogP contribution in [0.5, 0.6) is 0 Å². The molecule has 1 aromatic heterocycles. The first-order chi connectivity index (χ1) is 10.00. The Morgan fingerprint density at radius 1 is 1.48 bits per heavy atom. The zero-order valence-electron chi connectivity index (χ0n) is 12.3. The predicted octanol–water partition coefficient (Wildman–Crippen LogP) is 1.78. The topological polar surface area (TPSA) is 65.6 Å². The van der Waals surface area contributed by atoms with E-state index < -0.39 is 5.60 Å². The van der Waals surface area contributed by atoms with Gasteiger partial charge in [0.25, 0.3) is 5.91 Å². The van der Waals surface area contributed by atoms with Crippen LogP contribution in [0.1, 0.15) is 24.2 Å². The number of carbonyl (C=O) groups is 1. The van der Waals surface area contributed by atoms with Gasteiger partial charge in [-0.3, -0.25) is 4.79 Å². The summed E-state index contributed by atoms with van der Waals surface area (Å²) < 4.78 is 5.76. The van der Waals surface area contributed by atoms with Crippen molar-refractivity contribution < 1.29 is 14.6 Å². The molecule has 2 heterocycles. The van der Waals surface area contributed by atoms with Crippen LogP contribution in [0.2, 0.25) is 0 Å². The highest BCUT2D eigenvalue weighted by atomic mass is 16.5. The van der Waals surface area contributed by atoms with Crippen molar-refractivity contribution >= 4 is 16.8 Å². The molecule has 5 heteroatoms. The largest absolute Gasteiger partial charge is 0.394 e. The summed E-state index contributed by atoms with van der Waals surface area (Å²) in [7, 11) is 0. The Bertz CT molecular complexity index is 662. The molecule has 3 rings (SSSR count). The molecule has 1 aromatic carbocycles. The number of aliphatic hydroxyl groups is 1. The maximum Gasteiger partial charge on any atom is 0.254 e. The minimum Gasteiger partial charge on any atom is -0.394 e. The van der Waals surface area contributed by atoms with E-state index >= 15 is 0 Å². The van der Waals surface area contributed by atoms with E-state index in [1.807, 2.05) is 44.3 Å². The number of aliphatic hydroxyl groups excluding tert-OH is 1. The molecule has 0 radical (unpaired) electrons. The number of nitrogens with one attached hydrogen (secondary N) is 1. The molecule has 0 bridgehead atoms. The second kappa shape index (κ2) is 5.16. The smallest absolute Gasteiger partial charge is 0.254 e. The van der Waals surface area contributed by atoms with Gasteiger partial charge in [-0.2, -0.15) is 0 Å². The van der Waals surface area contributed by atoms with Crippen molar-refractivity contribution in [3.05, 3.63) is 36.0 Å². The first-order valence-electron chi connectivity index (χ1n) is 7.14. The number of aromatic amines is 1. The maximum atomic E-state index is 12.8. The van der Waals surface area contributed by atoms with E-state index in [-0.39, 0.29) is 18.6 Å².